The van der Waals surface area contributed by atoms with Crippen LogP contribution in [0.1, 0.15) is 106 Å². The summed E-state index contributed by atoms with van der Waals surface area (Å²) in [6, 6.07) is 0. The van der Waals surface area contributed by atoms with Gasteiger partial charge >= 0.3 is 0 Å². The maximum Gasteiger partial charge on any atom is 0.0577 e. The Morgan fingerprint density at radius 1 is 0.967 bits per heavy atom. The molecule has 4 aliphatic carbocycles. The van der Waals surface area contributed by atoms with Crippen molar-refractivity contribution in [3.05, 3.63) is 11.6 Å². The molecule has 3 fully saturated rings. The highest BCUT2D eigenvalue weighted by atomic mass is 16.3. The van der Waals surface area contributed by atoms with Crippen LogP contribution in [0.25, 0.3) is 0 Å². The van der Waals surface area contributed by atoms with E-state index in [9.17, 15) is 5.11 Å². The van der Waals surface area contributed by atoms with Gasteiger partial charge in [-0.1, -0.05) is 60.1 Å². The van der Waals surface area contributed by atoms with Crippen molar-refractivity contribution in [2.75, 3.05) is 0 Å². The number of aliphatic hydroxyl groups excluding tert-OH is 1. The minimum atomic E-state index is -0.0826. The molecule has 0 amide bonds. The zero-order chi connectivity index (χ0) is 21.8. The molecular formula is C29H50O. The Bertz CT molecular complexity index is 649. The first-order valence-electron chi connectivity index (χ1n) is 13.5. The Labute approximate surface area is 187 Å². The second-order valence-electron chi connectivity index (χ2n) is 13.2. The average molecular weight is 415 g/mol. The monoisotopic (exact) mass is 414 g/mol. The fourth-order valence-corrected chi connectivity index (χ4v) is 9.39. The van der Waals surface area contributed by atoms with Crippen LogP contribution in [0.3, 0.4) is 0 Å². The zero-order valence-corrected chi connectivity index (χ0v) is 21.1. The molecule has 172 valence electrons. The number of rotatable bonds is 5. The van der Waals surface area contributed by atoms with E-state index in [2.05, 4.69) is 54.5 Å². The van der Waals surface area contributed by atoms with Gasteiger partial charge in [0.05, 0.1) is 6.10 Å². The van der Waals surface area contributed by atoms with E-state index in [1.54, 1.807) is 5.57 Å². The number of hydrogen-bond donors (Lipinski definition) is 1. The Morgan fingerprint density at radius 3 is 2.40 bits per heavy atom. The van der Waals surface area contributed by atoms with Crippen LogP contribution in [0, 0.1) is 58.2 Å². The Morgan fingerprint density at radius 2 is 1.70 bits per heavy atom. The molecule has 3 saturated carbocycles. The topological polar surface area (TPSA) is 20.2 Å². The van der Waals surface area contributed by atoms with Crippen LogP contribution in [-0.2, 0) is 0 Å². The van der Waals surface area contributed by atoms with Crippen LogP contribution in [-0.4, -0.2) is 11.2 Å². The van der Waals surface area contributed by atoms with Gasteiger partial charge in [0.1, 0.15) is 0 Å². The van der Waals surface area contributed by atoms with E-state index in [4.69, 9.17) is 0 Å². The van der Waals surface area contributed by atoms with Crippen molar-refractivity contribution >= 4 is 0 Å². The maximum absolute atomic E-state index is 10.3. The smallest absolute Gasteiger partial charge is 0.0577 e. The molecule has 0 aromatic carbocycles. The molecule has 1 heteroatoms. The summed E-state index contributed by atoms with van der Waals surface area (Å²) < 4.78 is 0. The van der Waals surface area contributed by atoms with E-state index in [1.807, 2.05) is 0 Å². The van der Waals surface area contributed by atoms with Crippen molar-refractivity contribution in [1.82, 2.24) is 0 Å². The van der Waals surface area contributed by atoms with Crippen molar-refractivity contribution in [2.45, 2.75) is 112 Å². The van der Waals surface area contributed by atoms with Crippen LogP contribution in [0.15, 0.2) is 11.6 Å². The molecular weight excluding hydrogens is 364 g/mol. The third-order valence-corrected chi connectivity index (χ3v) is 11.4. The zero-order valence-electron chi connectivity index (χ0n) is 21.1. The highest BCUT2D eigenvalue weighted by Crippen LogP contribution is 2.67. The largest absolute Gasteiger partial charge is 0.393 e. The van der Waals surface area contributed by atoms with Crippen molar-refractivity contribution in [3.63, 3.8) is 0 Å². The molecule has 30 heavy (non-hydrogen) atoms. The molecule has 0 heterocycles. The first-order chi connectivity index (χ1) is 14.1. The van der Waals surface area contributed by atoms with Crippen LogP contribution >= 0.6 is 0 Å². The predicted molar refractivity (Wildman–Crippen MR) is 128 cm³/mol. The van der Waals surface area contributed by atoms with E-state index in [0.29, 0.717) is 10.8 Å². The second kappa shape index (κ2) is 8.24. The van der Waals surface area contributed by atoms with Gasteiger partial charge in [0, 0.05) is 0 Å². The molecule has 4 rings (SSSR count). The number of hydrogen-bond acceptors (Lipinski definition) is 1. The summed E-state index contributed by atoms with van der Waals surface area (Å²) in [5.74, 6) is 6.95. The fourth-order valence-electron chi connectivity index (χ4n) is 9.39. The molecule has 0 saturated heterocycles. The first-order valence-corrected chi connectivity index (χ1v) is 13.5. The van der Waals surface area contributed by atoms with Crippen molar-refractivity contribution in [3.8, 4) is 0 Å². The third-order valence-electron chi connectivity index (χ3n) is 11.4. The van der Waals surface area contributed by atoms with Crippen LogP contribution in [0.2, 0.25) is 0 Å². The molecule has 0 aromatic rings. The molecule has 1 N–H and O–H groups in total. The average Bonchev–Trinajstić information content (AvgIpc) is 3.04. The molecule has 0 aliphatic heterocycles. The van der Waals surface area contributed by atoms with Crippen LogP contribution in [0.5, 0.6) is 0 Å². The lowest BCUT2D eigenvalue weighted by Crippen LogP contribution is -2.51. The van der Waals surface area contributed by atoms with Crippen molar-refractivity contribution in [2.24, 2.45) is 58.2 Å². The second-order valence-corrected chi connectivity index (χ2v) is 13.2. The normalized spacial score (nSPS) is 46.4. The summed E-state index contributed by atoms with van der Waals surface area (Å²) >= 11 is 0. The maximum atomic E-state index is 10.3. The standard InChI is InChI=1S/C29H50O/c1-18(2)16-19(3)20(4)21(5)25-10-11-26-24-9-8-22-17-23(30)12-14-28(22,6)27(24)13-15-29(25,26)7/h8,18-21,23-27,30H,9-17H2,1-7H3/t19?,20?,21-,23+,24?,25-,26?,27?,28+,29-/m1/s1. The summed E-state index contributed by atoms with van der Waals surface area (Å²) in [4.78, 5) is 0. The number of fused-ring (bicyclic) bond motifs is 5. The van der Waals surface area contributed by atoms with Crippen LogP contribution in [0.4, 0.5) is 0 Å². The van der Waals surface area contributed by atoms with Gasteiger partial charge in [0.15, 0.2) is 0 Å². The first kappa shape index (κ1) is 22.9. The SMILES string of the molecule is CC(C)CC(C)C(C)[C@@H](C)[C@H]1CCC2C3CC=C4C[C@@H](O)CC[C@]4(C)C3CC[C@@]21C. The van der Waals surface area contributed by atoms with Crippen molar-refractivity contribution in [1.29, 1.82) is 0 Å². The molecule has 0 bridgehead atoms. The van der Waals surface area contributed by atoms with E-state index in [-0.39, 0.29) is 6.10 Å². The molecule has 0 aromatic heterocycles. The third kappa shape index (κ3) is 3.64. The lowest BCUT2D eigenvalue weighted by Gasteiger charge is -2.58. The minimum absolute atomic E-state index is 0.0826. The highest BCUT2D eigenvalue weighted by Gasteiger charge is 2.59. The van der Waals surface area contributed by atoms with Gasteiger partial charge < -0.3 is 5.11 Å². The molecule has 10 atom stereocenters. The Balaban J connectivity index is 1.53. The summed E-state index contributed by atoms with van der Waals surface area (Å²) in [5.41, 5.74) is 2.55. The lowest BCUT2D eigenvalue weighted by atomic mass is 9.46. The molecule has 0 radical (unpaired) electrons. The summed E-state index contributed by atoms with van der Waals surface area (Å²) in [5, 5.41) is 10.3. The van der Waals surface area contributed by atoms with Gasteiger partial charge in [-0.2, -0.15) is 0 Å². The van der Waals surface area contributed by atoms with Gasteiger partial charge in [-0.05, 0) is 116 Å². The highest BCUT2D eigenvalue weighted by molar-refractivity contribution is 5.25. The predicted octanol–water partition coefficient (Wildman–Crippen LogP) is 7.88. The number of aliphatic hydroxyl groups is 1. The van der Waals surface area contributed by atoms with Gasteiger partial charge in [-0.15, -0.1) is 0 Å². The van der Waals surface area contributed by atoms with E-state index in [0.717, 1.165) is 60.2 Å². The van der Waals surface area contributed by atoms with E-state index >= 15 is 0 Å². The molecule has 5 unspecified atom stereocenters. The van der Waals surface area contributed by atoms with Gasteiger partial charge in [-0.25, -0.2) is 0 Å². The molecule has 0 spiro atoms. The van der Waals surface area contributed by atoms with Gasteiger partial charge in [-0.3, -0.25) is 0 Å². The molecule has 4 aliphatic rings. The lowest BCUT2D eigenvalue weighted by molar-refractivity contribution is -0.0621. The fraction of sp³-hybridized carbons (Fsp3) is 0.931. The quantitative estimate of drug-likeness (QED) is 0.454. The Hall–Kier alpha value is -0.300. The Kier molecular flexibility index (Phi) is 6.28. The van der Waals surface area contributed by atoms with Gasteiger partial charge in [0.25, 0.3) is 0 Å². The van der Waals surface area contributed by atoms with E-state index in [1.165, 1.54) is 44.9 Å². The summed E-state index contributed by atoms with van der Waals surface area (Å²) in [7, 11) is 0. The van der Waals surface area contributed by atoms with E-state index < -0.39 is 0 Å². The summed E-state index contributed by atoms with van der Waals surface area (Å²) in [6.45, 7) is 17.7. The van der Waals surface area contributed by atoms with Crippen LogP contribution < -0.4 is 0 Å². The minimum Gasteiger partial charge on any atom is -0.393 e. The number of allylic oxidation sites excluding steroid dienone is 1. The summed E-state index contributed by atoms with van der Waals surface area (Å²) in [6.07, 6.45) is 14.2. The molecule has 1 nitrogen and oxygen atoms in total. The van der Waals surface area contributed by atoms with Crippen molar-refractivity contribution < 1.29 is 5.11 Å². The van der Waals surface area contributed by atoms with Gasteiger partial charge in [0.2, 0.25) is 0 Å².